The van der Waals surface area contributed by atoms with Crippen LogP contribution in [0.5, 0.6) is 0 Å². The van der Waals surface area contributed by atoms with Crippen LogP contribution in [0.2, 0.25) is 0 Å². The Hall–Kier alpha value is -0.520. The maximum atomic E-state index is 9.74. The molecule has 1 N–H and O–H groups in total. The van der Waals surface area contributed by atoms with Crippen LogP contribution in [0.3, 0.4) is 0 Å². The van der Waals surface area contributed by atoms with Crippen molar-refractivity contribution < 1.29 is 9.84 Å². The van der Waals surface area contributed by atoms with Crippen LogP contribution >= 0.6 is 0 Å². The summed E-state index contributed by atoms with van der Waals surface area (Å²) < 4.78 is 5.55. The number of rotatable bonds is 5. The van der Waals surface area contributed by atoms with Gasteiger partial charge in [-0.25, -0.2) is 0 Å². The van der Waals surface area contributed by atoms with Gasteiger partial charge in [-0.2, -0.15) is 0 Å². The van der Waals surface area contributed by atoms with Crippen molar-refractivity contribution in [1.82, 2.24) is 0 Å². The molecule has 0 atom stereocenters. The molecule has 0 saturated carbocycles. The third kappa shape index (κ3) is 4.31. The quantitative estimate of drug-likeness (QED) is 0.523. The maximum Gasteiger partial charge on any atom is 0.0906 e. The molecule has 0 aliphatic rings. The first-order chi connectivity index (χ1) is 5.81. The second-order valence-electron chi connectivity index (χ2n) is 4.23. The SMILES string of the molecule is C#CCCCOC(C)(C)C(C)(C)O. The average Bonchev–Trinajstić information content (AvgIpc) is 1.96. The Labute approximate surface area is 81.3 Å². The molecule has 0 fully saturated rings. The first-order valence-electron chi connectivity index (χ1n) is 4.61. The van der Waals surface area contributed by atoms with Gasteiger partial charge >= 0.3 is 0 Å². The smallest absolute Gasteiger partial charge is 0.0906 e. The molecule has 76 valence electrons. The Balaban J connectivity index is 3.85. The molecular formula is C11H20O2. The fourth-order valence-electron chi connectivity index (χ4n) is 0.678. The van der Waals surface area contributed by atoms with E-state index < -0.39 is 11.2 Å². The van der Waals surface area contributed by atoms with Crippen LogP contribution in [0.1, 0.15) is 40.5 Å². The lowest BCUT2D eigenvalue weighted by Crippen LogP contribution is -2.47. The molecule has 2 nitrogen and oxygen atoms in total. The third-order valence-corrected chi connectivity index (χ3v) is 2.40. The molecule has 0 rings (SSSR count). The van der Waals surface area contributed by atoms with E-state index in [1.165, 1.54) is 0 Å². The number of ether oxygens (including phenoxy) is 1. The molecule has 0 radical (unpaired) electrons. The van der Waals surface area contributed by atoms with Crippen molar-refractivity contribution in [3.05, 3.63) is 0 Å². The van der Waals surface area contributed by atoms with Crippen LogP contribution in [-0.4, -0.2) is 22.9 Å². The topological polar surface area (TPSA) is 29.5 Å². The first-order valence-corrected chi connectivity index (χ1v) is 4.61. The van der Waals surface area contributed by atoms with Crippen LogP contribution in [0.4, 0.5) is 0 Å². The zero-order valence-electron chi connectivity index (χ0n) is 9.05. The molecule has 0 amide bonds. The van der Waals surface area contributed by atoms with Crippen LogP contribution in [-0.2, 0) is 4.74 Å². The highest BCUT2D eigenvalue weighted by Gasteiger charge is 2.35. The van der Waals surface area contributed by atoms with E-state index in [4.69, 9.17) is 11.2 Å². The minimum Gasteiger partial charge on any atom is -0.387 e. The highest BCUT2D eigenvalue weighted by molar-refractivity contribution is 4.88. The Kier molecular flexibility index (Phi) is 4.46. The van der Waals surface area contributed by atoms with Gasteiger partial charge in [0.05, 0.1) is 11.2 Å². The van der Waals surface area contributed by atoms with Gasteiger partial charge in [-0.15, -0.1) is 12.3 Å². The highest BCUT2D eigenvalue weighted by Crippen LogP contribution is 2.24. The number of hydrogen-bond donors (Lipinski definition) is 1. The van der Waals surface area contributed by atoms with Crippen molar-refractivity contribution in [2.45, 2.75) is 51.7 Å². The Morgan fingerprint density at radius 2 is 1.85 bits per heavy atom. The summed E-state index contributed by atoms with van der Waals surface area (Å²) >= 11 is 0. The van der Waals surface area contributed by atoms with Gasteiger partial charge in [0.25, 0.3) is 0 Å². The Morgan fingerprint density at radius 1 is 1.31 bits per heavy atom. The molecule has 0 aromatic carbocycles. The van der Waals surface area contributed by atoms with Crippen molar-refractivity contribution in [3.63, 3.8) is 0 Å². The molecular weight excluding hydrogens is 164 g/mol. The predicted molar refractivity (Wildman–Crippen MR) is 54.4 cm³/mol. The summed E-state index contributed by atoms with van der Waals surface area (Å²) in [6.45, 7) is 7.84. The van der Waals surface area contributed by atoms with Crippen molar-refractivity contribution in [2.75, 3.05) is 6.61 Å². The molecule has 0 aliphatic heterocycles. The van der Waals surface area contributed by atoms with E-state index in [0.29, 0.717) is 6.61 Å². The number of hydrogen-bond acceptors (Lipinski definition) is 2. The Bertz CT molecular complexity index is 181. The molecule has 2 heteroatoms. The maximum absolute atomic E-state index is 9.74. The lowest BCUT2D eigenvalue weighted by atomic mass is 9.89. The number of unbranched alkanes of at least 4 members (excludes halogenated alkanes) is 1. The van der Waals surface area contributed by atoms with Gasteiger partial charge in [-0.1, -0.05) is 0 Å². The van der Waals surface area contributed by atoms with E-state index in [1.807, 2.05) is 13.8 Å². The van der Waals surface area contributed by atoms with Gasteiger partial charge in [-0.3, -0.25) is 0 Å². The van der Waals surface area contributed by atoms with Crippen LogP contribution < -0.4 is 0 Å². The lowest BCUT2D eigenvalue weighted by Gasteiger charge is -2.37. The van der Waals surface area contributed by atoms with E-state index in [0.717, 1.165) is 12.8 Å². The monoisotopic (exact) mass is 184 g/mol. The molecule has 0 aliphatic carbocycles. The number of terminal acetylenes is 1. The number of aliphatic hydroxyl groups is 1. The fraction of sp³-hybridized carbons (Fsp3) is 0.818. The standard InChI is InChI=1S/C11H20O2/c1-6-7-8-9-13-11(4,5)10(2,3)12/h1,12H,7-9H2,2-5H3. The van der Waals surface area contributed by atoms with Gasteiger partial charge in [0.15, 0.2) is 0 Å². The summed E-state index contributed by atoms with van der Waals surface area (Å²) in [5, 5.41) is 9.74. The second-order valence-corrected chi connectivity index (χ2v) is 4.23. The minimum atomic E-state index is -0.830. The van der Waals surface area contributed by atoms with Crippen molar-refractivity contribution in [1.29, 1.82) is 0 Å². The van der Waals surface area contributed by atoms with E-state index in [-0.39, 0.29) is 0 Å². The summed E-state index contributed by atoms with van der Waals surface area (Å²) in [6.07, 6.45) is 6.68. The molecule has 0 saturated heterocycles. The average molecular weight is 184 g/mol. The molecule has 0 unspecified atom stereocenters. The molecule has 13 heavy (non-hydrogen) atoms. The van der Waals surface area contributed by atoms with Gasteiger partial charge in [0.2, 0.25) is 0 Å². The molecule has 0 spiro atoms. The van der Waals surface area contributed by atoms with Gasteiger partial charge < -0.3 is 9.84 Å². The second kappa shape index (κ2) is 4.64. The summed E-state index contributed by atoms with van der Waals surface area (Å²) in [7, 11) is 0. The highest BCUT2D eigenvalue weighted by atomic mass is 16.5. The summed E-state index contributed by atoms with van der Waals surface area (Å²) in [4.78, 5) is 0. The van der Waals surface area contributed by atoms with Gasteiger partial charge in [0, 0.05) is 13.0 Å². The summed E-state index contributed by atoms with van der Waals surface area (Å²) in [6, 6.07) is 0. The molecule has 0 heterocycles. The van der Waals surface area contributed by atoms with Crippen LogP contribution in [0.25, 0.3) is 0 Å². The van der Waals surface area contributed by atoms with E-state index >= 15 is 0 Å². The van der Waals surface area contributed by atoms with Gasteiger partial charge in [-0.05, 0) is 34.1 Å². The summed E-state index contributed by atoms with van der Waals surface area (Å²) in [5.41, 5.74) is -1.36. The predicted octanol–water partition coefficient (Wildman–Crippen LogP) is 1.97. The Morgan fingerprint density at radius 3 is 2.23 bits per heavy atom. The summed E-state index contributed by atoms with van der Waals surface area (Å²) in [5.74, 6) is 2.55. The first kappa shape index (κ1) is 12.5. The largest absolute Gasteiger partial charge is 0.387 e. The van der Waals surface area contributed by atoms with Crippen LogP contribution in [0, 0.1) is 12.3 Å². The third-order valence-electron chi connectivity index (χ3n) is 2.40. The van der Waals surface area contributed by atoms with Crippen molar-refractivity contribution >= 4 is 0 Å². The van der Waals surface area contributed by atoms with E-state index in [1.54, 1.807) is 13.8 Å². The van der Waals surface area contributed by atoms with E-state index in [2.05, 4.69) is 5.92 Å². The zero-order chi connectivity index (χ0) is 10.5. The lowest BCUT2D eigenvalue weighted by molar-refractivity contribution is -0.147. The van der Waals surface area contributed by atoms with Crippen molar-refractivity contribution in [2.24, 2.45) is 0 Å². The fourth-order valence-corrected chi connectivity index (χ4v) is 0.678. The zero-order valence-corrected chi connectivity index (χ0v) is 9.05. The van der Waals surface area contributed by atoms with E-state index in [9.17, 15) is 5.11 Å². The molecule has 0 bridgehead atoms. The molecule has 0 aromatic rings. The normalized spacial score (nSPS) is 12.6. The van der Waals surface area contributed by atoms with Crippen molar-refractivity contribution in [3.8, 4) is 12.3 Å². The van der Waals surface area contributed by atoms with Crippen LogP contribution in [0.15, 0.2) is 0 Å². The van der Waals surface area contributed by atoms with Gasteiger partial charge in [0.1, 0.15) is 0 Å². The molecule has 0 aromatic heterocycles. The minimum absolute atomic E-state index is 0.526.